The quantitative estimate of drug-likeness (QED) is 0.697. The van der Waals surface area contributed by atoms with E-state index in [1.807, 2.05) is 18.7 Å². The molecule has 1 aliphatic heterocycles. The fourth-order valence-corrected chi connectivity index (χ4v) is 1.91. The summed E-state index contributed by atoms with van der Waals surface area (Å²) in [6.07, 6.45) is 2.25. The molecule has 1 unspecified atom stereocenters. The van der Waals surface area contributed by atoms with Gasteiger partial charge in [-0.05, 0) is 26.7 Å². The maximum Gasteiger partial charge on any atom is 0.229 e. The predicted octanol–water partition coefficient (Wildman–Crippen LogP) is 1.89. The van der Waals surface area contributed by atoms with Gasteiger partial charge in [0, 0.05) is 26.1 Å². The number of rotatable bonds is 3. The molecular weight excluding hydrogens is 214 g/mol. The number of carbonyl (C=O) groups excluding carboxylic acids is 1. The number of ether oxygens (including phenoxy) is 1. The van der Waals surface area contributed by atoms with Crippen LogP contribution in [0.5, 0.6) is 0 Å². The molecule has 1 atom stereocenters. The third-order valence-electron chi connectivity index (χ3n) is 2.91. The van der Waals surface area contributed by atoms with E-state index in [0.717, 1.165) is 19.4 Å². The Kier molecular flexibility index (Phi) is 4.41. The summed E-state index contributed by atoms with van der Waals surface area (Å²) in [5.74, 6) is 0.499. The molecule has 1 heterocycles. The van der Waals surface area contributed by atoms with Crippen molar-refractivity contribution in [1.82, 2.24) is 4.90 Å². The molecule has 0 aliphatic carbocycles. The van der Waals surface area contributed by atoms with Crippen molar-refractivity contribution >= 4 is 17.5 Å². The van der Waals surface area contributed by atoms with E-state index in [1.165, 1.54) is 0 Å². The fraction of sp³-hybridized carbons (Fsp3) is 0.909. The molecule has 15 heavy (non-hydrogen) atoms. The molecule has 0 bridgehead atoms. The average molecular weight is 234 g/mol. The molecule has 1 aliphatic rings. The molecular formula is C11H20ClNO2. The molecule has 1 fully saturated rings. The Bertz CT molecular complexity index is 231. The Morgan fingerprint density at radius 2 is 2.27 bits per heavy atom. The van der Waals surface area contributed by atoms with Gasteiger partial charge in [0.2, 0.25) is 5.91 Å². The van der Waals surface area contributed by atoms with Crippen molar-refractivity contribution in [3.63, 3.8) is 0 Å². The van der Waals surface area contributed by atoms with E-state index in [-0.39, 0.29) is 12.0 Å². The molecule has 1 rings (SSSR count). The van der Waals surface area contributed by atoms with Gasteiger partial charge in [-0.1, -0.05) is 0 Å². The maximum absolute atomic E-state index is 12.1. The summed E-state index contributed by atoms with van der Waals surface area (Å²) in [6.45, 7) is 5.31. The standard InChI is InChI=1S/C11H20ClNO2/c1-11(2,8-12)10(14)13-6-4-5-9(7-13)15-3/h9H,4-8H2,1-3H3. The molecule has 1 amide bonds. The normalized spacial score (nSPS) is 22.9. The lowest BCUT2D eigenvalue weighted by Gasteiger charge is -2.36. The SMILES string of the molecule is COC1CCCN(C(=O)C(C)(C)CCl)C1. The second kappa shape index (κ2) is 5.17. The van der Waals surface area contributed by atoms with E-state index in [0.29, 0.717) is 12.4 Å². The number of halogens is 1. The third-order valence-corrected chi connectivity index (χ3v) is 3.58. The van der Waals surface area contributed by atoms with Crippen LogP contribution >= 0.6 is 11.6 Å². The van der Waals surface area contributed by atoms with Crippen molar-refractivity contribution in [2.75, 3.05) is 26.1 Å². The minimum atomic E-state index is -0.461. The zero-order valence-corrected chi connectivity index (χ0v) is 10.5. The lowest BCUT2D eigenvalue weighted by atomic mass is 9.93. The van der Waals surface area contributed by atoms with Crippen LogP contribution in [0.15, 0.2) is 0 Å². The molecule has 0 spiro atoms. The summed E-state index contributed by atoms with van der Waals surface area (Å²) in [7, 11) is 1.70. The minimum Gasteiger partial charge on any atom is -0.380 e. The summed E-state index contributed by atoms with van der Waals surface area (Å²) < 4.78 is 5.29. The van der Waals surface area contributed by atoms with Crippen LogP contribution in [-0.2, 0) is 9.53 Å². The number of hydrogen-bond donors (Lipinski definition) is 0. The van der Waals surface area contributed by atoms with Crippen LogP contribution in [0.2, 0.25) is 0 Å². The topological polar surface area (TPSA) is 29.5 Å². The highest BCUT2D eigenvalue weighted by Gasteiger charge is 2.33. The minimum absolute atomic E-state index is 0.138. The van der Waals surface area contributed by atoms with Crippen LogP contribution in [-0.4, -0.2) is 43.0 Å². The Labute approximate surface area is 96.7 Å². The monoisotopic (exact) mass is 233 g/mol. The molecule has 0 aromatic rings. The number of amides is 1. The van der Waals surface area contributed by atoms with Gasteiger partial charge in [-0.3, -0.25) is 4.79 Å². The zero-order valence-electron chi connectivity index (χ0n) is 9.75. The van der Waals surface area contributed by atoms with Gasteiger partial charge in [-0.15, -0.1) is 11.6 Å². The fourth-order valence-electron chi connectivity index (χ4n) is 1.80. The third kappa shape index (κ3) is 3.08. The van der Waals surface area contributed by atoms with E-state index < -0.39 is 5.41 Å². The second-order valence-electron chi connectivity index (χ2n) is 4.77. The van der Waals surface area contributed by atoms with Gasteiger partial charge < -0.3 is 9.64 Å². The first-order valence-corrected chi connectivity index (χ1v) is 5.93. The maximum atomic E-state index is 12.1. The van der Waals surface area contributed by atoms with E-state index in [1.54, 1.807) is 7.11 Å². The molecule has 1 saturated heterocycles. The van der Waals surface area contributed by atoms with E-state index in [9.17, 15) is 4.79 Å². The van der Waals surface area contributed by atoms with Gasteiger partial charge >= 0.3 is 0 Å². The van der Waals surface area contributed by atoms with Crippen molar-refractivity contribution in [2.45, 2.75) is 32.8 Å². The Morgan fingerprint density at radius 3 is 2.80 bits per heavy atom. The predicted molar refractivity (Wildman–Crippen MR) is 61.1 cm³/mol. The first kappa shape index (κ1) is 12.8. The smallest absolute Gasteiger partial charge is 0.229 e. The summed E-state index contributed by atoms with van der Waals surface area (Å²) in [5, 5.41) is 0. The average Bonchev–Trinajstić information content (AvgIpc) is 2.28. The van der Waals surface area contributed by atoms with Crippen LogP contribution in [0.3, 0.4) is 0 Å². The van der Waals surface area contributed by atoms with E-state index >= 15 is 0 Å². The van der Waals surface area contributed by atoms with Crippen LogP contribution < -0.4 is 0 Å². The Hall–Kier alpha value is -0.280. The lowest BCUT2D eigenvalue weighted by Crippen LogP contribution is -2.48. The molecule has 4 heteroatoms. The molecule has 0 radical (unpaired) electrons. The van der Waals surface area contributed by atoms with E-state index in [4.69, 9.17) is 16.3 Å². The number of carbonyl (C=O) groups is 1. The number of piperidine rings is 1. The Morgan fingerprint density at radius 1 is 1.60 bits per heavy atom. The number of likely N-dealkylation sites (tertiary alicyclic amines) is 1. The first-order chi connectivity index (χ1) is 7.01. The van der Waals surface area contributed by atoms with Crippen molar-refractivity contribution in [1.29, 1.82) is 0 Å². The zero-order chi connectivity index (χ0) is 11.5. The highest BCUT2D eigenvalue weighted by atomic mass is 35.5. The number of alkyl halides is 1. The summed E-state index contributed by atoms with van der Waals surface area (Å²) in [5.41, 5.74) is -0.461. The Balaban J connectivity index is 2.60. The number of nitrogens with zero attached hydrogens (tertiary/aromatic N) is 1. The molecule has 0 saturated carbocycles. The summed E-state index contributed by atoms with van der Waals surface area (Å²) >= 11 is 5.80. The first-order valence-electron chi connectivity index (χ1n) is 5.39. The van der Waals surface area contributed by atoms with Gasteiger partial charge in [0.25, 0.3) is 0 Å². The van der Waals surface area contributed by atoms with Gasteiger partial charge in [0.1, 0.15) is 0 Å². The van der Waals surface area contributed by atoms with Gasteiger partial charge in [-0.2, -0.15) is 0 Å². The van der Waals surface area contributed by atoms with E-state index in [2.05, 4.69) is 0 Å². The molecule has 88 valence electrons. The summed E-state index contributed by atoms with van der Waals surface area (Å²) in [6, 6.07) is 0. The lowest BCUT2D eigenvalue weighted by molar-refractivity contribution is -0.142. The highest BCUT2D eigenvalue weighted by molar-refractivity contribution is 6.19. The van der Waals surface area contributed by atoms with Crippen molar-refractivity contribution < 1.29 is 9.53 Å². The molecule has 0 aromatic heterocycles. The van der Waals surface area contributed by atoms with Crippen LogP contribution in [0.1, 0.15) is 26.7 Å². The van der Waals surface area contributed by atoms with Crippen LogP contribution in [0.4, 0.5) is 0 Å². The second-order valence-corrected chi connectivity index (χ2v) is 5.04. The van der Waals surface area contributed by atoms with Gasteiger partial charge in [-0.25, -0.2) is 0 Å². The van der Waals surface area contributed by atoms with Gasteiger partial charge in [0.15, 0.2) is 0 Å². The van der Waals surface area contributed by atoms with Gasteiger partial charge in [0.05, 0.1) is 11.5 Å². The van der Waals surface area contributed by atoms with Crippen molar-refractivity contribution in [3.05, 3.63) is 0 Å². The largest absolute Gasteiger partial charge is 0.380 e. The molecule has 0 aromatic carbocycles. The van der Waals surface area contributed by atoms with Crippen molar-refractivity contribution in [3.8, 4) is 0 Å². The summed E-state index contributed by atoms with van der Waals surface area (Å²) in [4.78, 5) is 14.0. The van der Waals surface area contributed by atoms with Crippen LogP contribution in [0.25, 0.3) is 0 Å². The molecule has 0 N–H and O–H groups in total. The van der Waals surface area contributed by atoms with Crippen LogP contribution in [0, 0.1) is 5.41 Å². The number of methoxy groups -OCH3 is 1. The molecule has 3 nitrogen and oxygen atoms in total. The van der Waals surface area contributed by atoms with Crippen molar-refractivity contribution in [2.24, 2.45) is 5.41 Å². The highest BCUT2D eigenvalue weighted by Crippen LogP contribution is 2.23. The number of hydrogen-bond acceptors (Lipinski definition) is 2.